The Morgan fingerprint density at radius 3 is 2.32 bits per heavy atom. The van der Waals surface area contributed by atoms with Gasteiger partial charge in [-0.1, -0.05) is 35.3 Å². The highest BCUT2D eigenvalue weighted by molar-refractivity contribution is 6.40. The molecule has 0 aliphatic rings. The lowest BCUT2D eigenvalue weighted by Crippen LogP contribution is -2.12. The third-order valence-corrected chi connectivity index (χ3v) is 3.24. The number of anilines is 2. The highest BCUT2D eigenvalue weighted by Crippen LogP contribution is 2.30. The summed E-state index contributed by atoms with van der Waals surface area (Å²) in [7, 11) is 1.79. The predicted molar refractivity (Wildman–Crippen MR) is 80.4 cm³/mol. The molecule has 0 bridgehead atoms. The Morgan fingerprint density at radius 2 is 1.68 bits per heavy atom. The molecule has 0 fully saturated rings. The van der Waals surface area contributed by atoms with E-state index in [0.717, 1.165) is 5.69 Å². The van der Waals surface area contributed by atoms with Crippen LogP contribution in [0, 0.1) is 0 Å². The molecule has 0 aromatic heterocycles. The van der Waals surface area contributed by atoms with Crippen LogP contribution in [-0.2, 0) is 0 Å². The molecule has 0 aliphatic heterocycles. The van der Waals surface area contributed by atoms with E-state index in [4.69, 9.17) is 23.2 Å². The van der Waals surface area contributed by atoms with Gasteiger partial charge in [0.25, 0.3) is 5.91 Å². The molecule has 0 saturated carbocycles. The fourth-order valence-corrected chi connectivity index (χ4v) is 2.11. The molecular weight excluding hydrogens is 283 g/mol. The molecule has 1 amide bonds. The molecule has 0 spiro atoms. The van der Waals surface area contributed by atoms with E-state index < -0.39 is 0 Å². The lowest BCUT2D eigenvalue weighted by Gasteiger charge is -2.10. The first-order valence-corrected chi connectivity index (χ1v) is 6.40. The van der Waals surface area contributed by atoms with Crippen molar-refractivity contribution in [2.24, 2.45) is 0 Å². The number of halogens is 2. The topological polar surface area (TPSA) is 41.1 Å². The molecule has 0 atom stereocenters. The van der Waals surface area contributed by atoms with Crippen molar-refractivity contribution in [1.82, 2.24) is 0 Å². The van der Waals surface area contributed by atoms with Gasteiger partial charge in [0, 0.05) is 18.3 Å². The van der Waals surface area contributed by atoms with Crippen molar-refractivity contribution < 1.29 is 4.79 Å². The zero-order valence-corrected chi connectivity index (χ0v) is 11.7. The summed E-state index contributed by atoms with van der Waals surface area (Å²) >= 11 is 12.0. The zero-order valence-electron chi connectivity index (χ0n) is 10.2. The van der Waals surface area contributed by atoms with E-state index in [1.807, 2.05) is 6.07 Å². The summed E-state index contributed by atoms with van der Waals surface area (Å²) in [6, 6.07) is 12.2. The molecule has 2 aromatic carbocycles. The minimum Gasteiger partial charge on any atom is -0.388 e. The third kappa shape index (κ3) is 3.19. The number of nitrogens with one attached hydrogen (secondary N) is 2. The number of para-hydroxylation sites is 1. The lowest BCUT2D eigenvalue weighted by molar-refractivity contribution is 0.102. The fraction of sp³-hybridized carbons (Fsp3) is 0.0714. The van der Waals surface area contributed by atoms with Crippen LogP contribution in [0.4, 0.5) is 11.4 Å². The normalized spacial score (nSPS) is 10.1. The minimum atomic E-state index is -0.257. The number of hydrogen-bond donors (Lipinski definition) is 2. The van der Waals surface area contributed by atoms with Crippen LogP contribution in [0.15, 0.2) is 42.5 Å². The van der Waals surface area contributed by atoms with E-state index in [9.17, 15) is 4.79 Å². The van der Waals surface area contributed by atoms with Gasteiger partial charge in [0.2, 0.25) is 0 Å². The fourth-order valence-electron chi connectivity index (χ4n) is 1.62. The first kappa shape index (κ1) is 13.7. The molecule has 2 N–H and O–H groups in total. The van der Waals surface area contributed by atoms with Crippen LogP contribution in [0.3, 0.4) is 0 Å². The zero-order chi connectivity index (χ0) is 13.8. The van der Waals surface area contributed by atoms with Gasteiger partial charge in [-0.3, -0.25) is 4.79 Å². The van der Waals surface area contributed by atoms with Crippen LogP contribution in [0.1, 0.15) is 10.4 Å². The maximum Gasteiger partial charge on any atom is 0.255 e. The van der Waals surface area contributed by atoms with Crippen molar-refractivity contribution >= 4 is 40.5 Å². The van der Waals surface area contributed by atoms with Crippen LogP contribution in [0.5, 0.6) is 0 Å². The summed E-state index contributed by atoms with van der Waals surface area (Å²) in [5.74, 6) is -0.257. The Kier molecular flexibility index (Phi) is 4.30. The monoisotopic (exact) mass is 294 g/mol. The van der Waals surface area contributed by atoms with Gasteiger partial charge in [-0.15, -0.1) is 0 Å². The molecule has 5 heteroatoms. The van der Waals surface area contributed by atoms with E-state index in [0.29, 0.717) is 21.3 Å². The van der Waals surface area contributed by atoms with E-state index in [-0.39, 0.29) is 5.91 Å². The summed E-state index contributed by atoms with van der Waals surface area (Å²) in [6.07, 6.45) is 0. The van der Waals surface area contributed by atoms with Gasteiger partial charge in [0.05, 0.1) is 15.7 Å². The highest BCUT2D eigenvalue weighted by atomic mass is 35.5. The van der Waals surface area contributed by atoms with Crippen molar-refractivity contribution in [3.63, 3.8) is 0 Å². The molecule has 0 heterocycles. The van der Waals surface area contributed by atoms with Crippen LogP contribution >= 0.6 is 23.2 Å². The number of rotatable bonds is 3. The Bertz CT molecular complexity index is 594. The molecule has 0 radical (unpaired) electrons. The highest BCUT2D eigenvalue weighted by Gasteiger charge is 2.11. The van der Waals surface area contributed by atoms with Crippen molar-refractivity contribution in [3.8, 4) is 0 Å². The summed E-state index contributed by atoms with van der Waals surface area (Å²) in [5, 5.41) is 6.51. The van der Waals surface area contributed by atoms with E-state index >= 15 is 0 Å². The Hall–Kier alpha value is -1.71. The molecule has 98 valence electrons. The van der Waals surface area contributed by atoms with Gasteiger partial charge in [-0.2, -0.15) is 0 Å². The van der Waals surface area contributed by atoms with Crippen LogP contribution < -0.4 is 10.6 Å². The smallest absolute Gasteiger partial charge is 0.255 e. The van der Waals surface area contributed by atoms with Gasteiger partial charge < -0.3 is 10.6 Å². The Labute approximate surface area is 121 Å². The van der Waals surface area contributed by atoms with E-state index in [1.165, 1.54) is 0 Å². The SMILES string of the molecule is CNc1cccc(C(=O)Nc2c(Cl)cccc2Cl)c1. The number of carbonyl (C=O) groups excluding carboxylic acids is 1. The average Bonchev–Trinajstić information content (AvgIpc) is 2.43. The van der Waals surface area contributed by atoms with Gasteiger partial charge in [-0.05, 0) is 30.3 Å². The van der Waals surface area contributed by atoms with E-state index in [2.05, 4.69) is 10.6 Å². The second kappa shape index (κ2) is 5.95. The second-order valence-corrected chi connectivity index (χ2v) is 4.70. The molecule has 0 aliphatic carbocycles. The summed E-state index contributed by atoms with van der Waals surface area (Å²) < 4.78 is 0. The number of carbonyl (C=O) groups is 1. The number of hydrogen-bond acceptors (Lipinski definition) is 2. The summed E-state index contributed by atoms with van der Waals surface area (Å²) in [4.78, 5) is 12.1. The largest absolute Gasteiger partial charge is 0.388 e. The molecule has 2 rings (SSSR count). The average molecular weight is 295 g/mol. The van der Waals surface area contributed by atoms with Crippen LogP contribution in [0.25, 0.3) is 0 Å². The maximum absolute atomic E-state index is 12.1. The minimum absolute atomic E-state index is 0.257. The second-order valence-electron chi connectivity index (χ2n) is 3.88. The number of amides is 1. The number of benzene rings is 2. The summed E-state index contributed by atoms with van der Waals surface area (Å²) in [6.45, 7) is 0. The Balaban J connectivity index is 2.25. The van der Waals surface area contributed by atoms with Crippen LogP contribution in [-0.4, -0.2) is 13.0 Å². The third-order valence-electron chi connectivity index (χ3n) is 2.61. The predicted octanol–water partition coefficient (Wildman–Crippen LogP) is 4.29. The van der Waals surface area contributed by atoms with Crippen molar-refractivity contribution in [2.45, 2.75) is 0 Å². The maximum atomic E-state index is 12.1. The standard InChI is InChI=1S/C14H12Cl2N2O/c1-17-10-5-2-4-9(8-10)14(19)18-13-11(15)6-3-7-12(13)16/h2-8,17H,1H3,(H,18,19). The molecule has 0 unspecified atom stereocenters. The summed E-state index contributed by atoms with van der Waals surface area (Å²) in [5.41, 5.74) is 1.81. The first-order valence-electron chi connectivity index (χ1n) is 5.65. The quantitative estimate of drug-likeness (QED) is 0.887. The van der Waals surface area contributed by atoms with Crippen molar-refractivity contribution in [1.29, 1.82) is 0 Å². The van der Waals surface area contributed by atoms with Crippen LogP contribution in [0.2, 0.25) is 10.0 Å². The molecule has 19 heavy (non-hydrogen) atoms. The molecule has 2 aromatic rings. The lowest BCUT2D eigenvalue weighted by atomic mass is 10.2. The molecular formula is C14H12Cl2N2O. The van der Waals surface area contributed by atoms with Gasteiger partial charge in [0.15, 0.2) is 0 Å². The molecule has 0 saturated heterocycles. The van der Waals surface area contributed by atoms with Crippen molar-refractivity contribution in [2.75, 3.05) is 17.7 Å². The first-order chi connectivity index (χ1) is 9.11. The van der Waals surface area contributed by atoms with Gasteiger partial charge in [-0.25, -0.2) is 0 Å². The molecule has 3 nitrogen and oxygen atoms in total. The van der Waals surface area contributed by atoms with Gasteiger partial charge in [0.1, 0.15) is 0 Å². The van der Waals surface area contributed by atoms with E-state index in [1.54, 1.807) is 43.4 Å². The van der Waals surface area contributed by atoms with Crippen molar-refractivity contribution in [3.05, 3.63) is 58.1 Å². The Morgan fingerprint density at radius 1 is 1.05 bits per heavy atom. The van der Waals surface area contributed by atoms with Gasteiger partial charge >= 0.3 is 0 Å².